The van der Waals surface area contributed by atoms with Gasteiger partial charge in [-0.15, -0.1) is 0 Å². The molecule has 0 aromatic heterocycles. The summed E-state index contributed by atoms with van der Waals surface area (Å²) in [5.41, 5.74) is 0.931. The molecule has 2 aliphatic heterocycles. The number of ether oxygens (including phenoxy) is 2. The van der Waals surface area contributed by atoms with Gasteiger partial charge in [-0.25, -0.2) is 9.59 Å². The van der Waals surface area contributed by atoms with Crippen LogP contribution in [0.3, 0.4) is 0 Å². The Morgan fingerprint density at radius 3 is 2.46 bits per heavy atom. The zero-order valence-electron chi connectivity index (χ0n) is 15.4. The van der Waals surface area contributed by atoms with Crippen LogP contribution in [0.15, 0.2) is 30.3 Å². The Kier molecular flexibility index (Phi) is 6.50. The summed E-state index contributed by atoms with van der Waals surface area (Å²) in [7, 11) is 0. The van der Waals surface area contributed by atoms with Crippen molar-refractivity contribution in [1.29, 1.82) is 0 Å². The number of hydrogen-bond acceptors (Lipinski definition) is 5. The summed E-state index contributed by atoms with van der Waals surface area (Å²) in [5, 5.41) is 0. The van der Waals surface area contributed by atoms with Crippen molar-refractivity contribution in [1.82, 2.24) is 9.80 Å². The maximum atomic E-state index is 12.6. The van der Waals surface area contributed by atoms with Crippen molar-refractivity contribution in [3.63, 3.8) is 0 Å². The van der Waals surface area contributed by atoms with E-state index in [0.717, 1.165) is 37.9 Å². The van der Waals surface area contributed by atoms with Crippen molar-refractivity contribution in [2.45, 2.75) is 51.3 Å². The van der Waals surface area contributed by atoms with E-state index in [9.17, 15) is 9.59 Å². The summed E-state index contributed by atoms with van der Waals surface area (Å²) in [6.45, 7) is 4.80. The molecule has 2 heterocycles. The van der Waals surface area contributed by atoms with Crippen LogP contribution in [0.4, 0.5) is 4.79 Å². The molecule has 3 rings (SSSR count). The van der Waals surface area contributed by atoms with E-state index in [1.807, 2.05) is 30.3 Å². The number of carbonyl (C=O) groups excluding carboxylic acids is 2. The van der Waals surface area contributed by atoms with E-state index in [4.69, 9.17) is 9.47 Å². The number of benzene rings is 1. The molecule has 0 saturated carbocycles. The van der Waals surface area contributed by atoms with E-state index in [1.54, 1.807) is 11.8 Å². The van der Waals surface area contributed by atoms with Gasteiger partial charge in [0.15, 0.2) is 0 Å². The number of piperidine rings is 1. The quantitative estimate of drug-likeness (QED) is 0.756. The van der Waals surface area contributed by atoms with Crippen LogP contribution in [0.2, 0.25) is 0 Å². The molecule has 6 nitrogen and oxygen atoms in total. The van der Waals surface area contributed by atoms with Gasteiger partial charge in [-0.2, -0.15) is 0 Å². The molecule has 0 N–H and O–H groups in total. The first kappa shape index (κ1) is 18.7. The molecule has 0 unspecified atom stereocenters. The summed E-state index contributed by atoms with van der Waals surface area (Å²) < 4.78 is 10.7. The fourth-order valence-corrected chi connectivity index (χ4v) is 3.93. The maximum Gasteiger partial charge on any atom is 0.410 e. The van der Waals surface area contributed by atoms with Crippen LogP contribution in [0.5, 0.6) is 0 Å². The average molecular weight is 360 g/mol. The minimum Gasteiger partial charge on any atom is -0.464 e. The number of esters is 1. The van der Waals surface area contributed by atoms with Crippen LogP contribution < -0.4 is 0 Å². The molecule has 1 aromatic carbocycles. The highest BCUT2D eigenvalue weighted by Crippen LogP contribution is 2.27. The number of amides is 1. The Labute approximate surface area is 155 Å². The summed E-state index contributed by atoms with van der Waals surface area (Å²) in [4.78, 5) is 29.1. The van der Waals surface area contributed by atoms with Gasteiger partial charge in [0.2, 0.25) is 0 Å². The van der Waals surface area contributed by atoms with Crippen molar-refractivity contribution < 1.29 is 19.1 Å². The van der Waals surface area contributed by atoms with Crippen LogP contribution in [-0.2, 0) is 20.9 Å². The van der Waals surface area contributed by atoms with Crippen LogP contribution >= 0.6 is 0 Å². The van der Waals surface area contributed by atoms with Gasteiger partial charge in [-0.3, -0.25) is 9.80 Å². The zero-order chi connectivity index (χ0) is 18.4. The predicted molar refractivity (Wildman–Crippen MR) is 97.6 cm³/mol. The Hall–Kier alpha value is -2.08. The van der Waals surface area contributed by atoms with E-state index >= 15 is 0 Å². The molecule has 0 radical (unpaired) electrons. The molecule has 2 saturated heterocycles. The Bertz CT molecular complexity index is 601. The predicted octanol–water partition coefficient (Wildman–Crippen LogP) is 2.82. The largest absolute Gasteiger partial charge is 0.464 e. The Morgan fingerprint density at radius 1 is 1.04 bits per heavy atom. The van der Waals surface area contributed by atoms with Gasteiger partial charge in [0.25, 0.3) is 0 Å². The van der Waals surface area contributed by atoms with Crippen LogP contribution in [-0.4, -0.2) is 60.2 Å². The molecule has 26 heavy (non-hydrogen) atoms. The smallest absolute Gasteiger partial charge is 0.410 e. The highest BCUT2D eigenvalue weighted by Gasteiger charge is 2.46. The van der Waals surface area contributed by atoms with Crippen LogP contribution in [0, 0.1) is 0 Å². The van der Waals surface area contributed by atoms with Crippen LogP contribution in [0.1, 0.15) is 38.2 Å². The number of rotatable bonds is 5. The van der Waals surface area contributed by atoms with E-state index in [1.165, 1.54) is 6.42 Å². The molecular weight excluding hydrogens is 332 g/mol. The molecule has 142 valence electrons. The molecular formula is C20H28N2O4. The number of hydrogen-bond donors (Lipinski definition) is 0. The second kappa shape index (κ2) is 9.03. The third-order valence-corrected chi connectivity index (χ3v) is 5.19. The van der Waals surface area contributed by atoms with Crippen molar-refractivity contribution >= 4 is 12.1 Å². The van der Waals surface area contributed by atoms with Gasteiger partial charge in [0.05, 0.1) is 6.61 Å². The lowest BCUT2D eigenvalue weighted by atomic mass is 10.0. The molecule has 2 atom stereocenters. The van der Waals surface area contributed by atoms with Crippen molar-refractivity contribution in [3.8, 4) is 0 Å². The summed E-state index contributed by atoms with van der Waals surface area (Å²) >= 11 is 0. The van der Waals surface area contributed by atoms with Gasteiger partial charge in [0.1, 0.15) is 12.6 Å². The third-order valence-electron chi connectivity index (χ3n) is 5.19. The average Bonchev–Trinajstić information content (AvgIpc) is 3.13. The molecule has 0 bridgehead atoms. The first-order chi connectivity index (χ1) is 12.7. The zero-order valence-corrected chi connectivity index (χ0v) is 15.4. The Balaban J connectivity index is 1.67. The molecule has 0 spiro atoms. The molecule has 1 amide bonds. The highest BCUT2D eigenvalue weighted by atomic mass is 16.6. The van der Waals surface area contributed by atoms with Crippen molar-refractivity contribution in [2.75, 3.05) is 26.2 Å². The summed E-state index contributed by atoms with van der Waals surface area (Å²) in [6, 6.07) is 9.02. The lowest BCUT2D eigenvalue weighted by molar-refractivity contribution is -0.149. The lowest BCUT2D eigenvalue weighted by Gasteiger charge is -2.35. The van der Waals surface area contributed by atoms with Gasteiger partial charge in [0, 0.05) is 12.6 Å². The minimum atomic E-state index is -0.573. The first-order valence-electron chi connectivity index (χ1n) is 9.58. The van der Waals surface area contributed by atoms with E-state index < -0.39 is 12.1 Å². The fraction of sp³-hybridized carbons (Fsp3) is 0.600. The van der Waals surface area contributed by atoms with E-state index in [-0.39, 0.29) is 18.6 Å². The number of carbonyl (C=O) groups is 2. The van der Waals surface area contributed by atoms with E-state index in [2.05, 4.69) is 4.90 Å². The van der Waals surface area contributed by atoms with Gasteiger partial charge < -0.3 is 9.47 Å². The van der Waals surface area contributed by atoms with Gasteiger partial charge in [-0.1, -0.05) is 36.8 Å². The van der Waals surface area contributed by atoms with E-state index in [0.29, 0.717) is 13.2 Å². The molecule has 0 aliphatic carbocycles. The second-order valence-electron chi connectivity index (χ2n) is 6.88. The number of likely N-dealkylation sites (tertiary alicyclic amines) is 2. The molecule has 6 heteroatoms. The van der Waals surface area contributed by atoms with Crippen molar-refractivity contribution in [3.05, 3.63) is 35.9 Å². The van der Waals surface area contributed by atoms with Gasteiger partial charge >= 0.3 is 12.1 Å². The Morgan fingerprint density at radius 2 is 1.77 bits per heavy atom. The first-order valence-corrected chi connectivity index (χ1v) is 9.58. The second-order valence-corrected chi connectivity index (χ2v) is 6.88. The van der Waals surface area contributed by atoms with Crippen molar-refractivity contribution in [2.24, 2.45) is 0 Å². The van der Waals surface area contributed by atoms with Crippen LogP contribution in [0.25, 0.3) is 0 Å². The maximum absolute atomic E-state index is 12.6. The third kappa shape index (κ3) is 4.36. The SMILES string of the molecule is CCOC(=O)[C@H]1[C@@H](N2CCCCC2)CCN1C(=O)OCc1ccccc1. The van der Waals surface area contributed by atoms with Gasteiger partial charge in [-0.05, 0) is 44.8 Å². The lowest BCUT2D eigenvalue weighted by Crippen LogP contribution is -2.53. The fourth-order valence-electron chi connectivity index (χ4n) is 3.93. The molecule has 1 aromatic rings. The topological polar surface area (TPSA) is 59.1 Å². The normalized spacial score (nSPS) is 23.7. The number of nitrogens with zero attached hydrogens (tertiary/aromatic N) is 2. The summed E-state index contributed by atoms with van der Waals surface area (Å²) in [5.74, 6) is -0.322. The molecule has 2 fully saturated rings. The standard InChI is InChI=1S/C20H28N2O4/c1-2-25-19(23)18-17(21-12-7-4-8-13-21)11-14-22(18)20(24)26-15-16-9-5-3-6-10-16/h3,5-6,9-10,17-18H,2,4,7-8,11-15H2,1H3/t17-,18+/m0/s1. The monoisotopic (exact) mass is 360 g/mol. The highest BCUT2D eigenvalue weighted by molar-refractivity contribution is 5.83. The minimum absolute atomic E-state index is 0.0265. The molecule has 2 aliphatic rings. The summed E-state index contributed by atoms with van der Waals surface area (Å²) in [6.07, 6.45) is 3.86.